The van der Waals surface area contributed by atoms with E-state index >= 15 is 0 Å². The Kier molecular flexibility index (Phi) is 4.37. The smallest absolute Gasteiger partial charge is 0.112 e. The van der Waals surface area contributed by atoms with Crippen LogP contribution in [0.2, 0.25) is 0 Å². The highest BCUT2D eigenvalue weighted by atomic mass is 32.1. The van der Waals surface area contributed by atoms with Crippen LogP contribution in [0, 0.1) is 6.92 Å². The Morgan fingerprint density at radius 2 is 2.33 bits per heavy atom. The van der Waals surface area contributed by atoms with Crippen LogP contribution >= 0.6 is 11.3 Å². The van der Waals surface area contributed by atoms with Crippen LogP contribution in [0.1, 0.15) is 42.2 Å². The van der Waals surface area contributed by atoms with Crippen LogP contribution in [0.25, 0.3) is 0 Å². The van der Waals surface area contributed by atoms with Gasteiger partial charge in [0.15, 0.2) is 0 Å². The summed E-state index contributed by atoms with van der Waals surface area (Å²) in [6.07, 6.45) is 4.11. The third-order valence-electron chi connectivity index (χ3n) is 3.73. The Labute approximate surface area is 129 Å². The maximum absolute atomic E-state index is 5.66. The molecular weight excluding hydrogens is 284 g/mol. The van der Waals surface area contributed by atoms with Gasteiger partial charge >= 0.3 is 0 Å². The van der Waals surface area contributed by atoms with E-state index in [0.29, 0.717) is 6.04 Å². The summed E-state index contributed by atoms with van der Waals surface area (Å²) in [6, 6.07) is 0.667. The summed E-state index contributed by atoms with van der Waals surface area (Å²) in [5, 5.41) is 7.69. The molecule has 0 aromatic carbocycles. The van der Waals surface area contributed by atoms with Crippen LogP contribution in [0.5, 0.6) is 0 Å². The molecule has 114 valence electrons. The van der Waals surface area contributed by atoms with Crippen molar-refractivity contribution in [1.29, 1.82) is 0 Å². The van der Waals surface area contributed by atoms with Crippen molar-refractivity contribution in [3.8, 4) is 0 Å². The van der Waals surface area contributed by atoms with Crippen molar-refractivity contribution in [3.63, 3.8) is 0 Å². The zero-order valence-corrected chi connectivity index (χ0v) is 13.6. The van der Waals surface area contributed by atoms with E-state index < -0.39 is 0 Å². The van der Waals surface area contributed by atoms with Gasteiger partial charge in [0.1, 0.15) is 5.01 Å². The number of thiazole rings is 1. The topological polar surface area (TPSA) is 43.2 Å². The first-order valence-electron chi connectivity index (χ1n) is 7.40. The van der Waals surface area contributed by atoms with Gasteiger partial charge in [-0.15, -0.1) is 11.3 Å². The molecule has 0 spiro atoms. The van der Waals surface area contributed by atoms with Gasteiger partial charge in [0.2, 0.25) is 0 Å². The van der Waals surface area contributed by atoms with Crippen LogP contribution in [0.4, 0.5) is 0 Å². The molecule has 0 bridgehead atoms. The van der Waals surface area contributed by atoms with E-state index in [2.05, 4.69) is 40.4 Å². The lowest BCUT2D eigenvalue weighted by Gasteiger charge is -2.34. The van der Waals surface area contributed by atoms with Crippen LogP contribution in [0.15, 0.2) is 17.8 Å². The number of aryl methyl sites for hydroxylation is 1. The number of morpholine rings is 1. The molecular formula is C15H22N4OS. The molecule has 2 aromatic rings. The second kappa shape index (κ2) is 6.25. The SMILES string of the molecule is Cc1csc([C@@H]2COCCN2Cc2cnn(C(C)C)c2)n1. The molecule has 1 atom stereocenters. The van der Waals surface area contributed by atoms with E-state index in [9.17, 15) is 0 Å². The van der Waals surface area contributed by atoms with Gasteiger partial charge < -0.3 is 4.74 Å². The molecule has 2 aromatic heterocycles. The summed E-state index contributed by atoms with van der Waals surface area (Å²) in [5.41, 5.74) is 2.34. The van der Waals surface area contributed by atoms with Gasteiger partial charge in [-0.05, 0) is 20.8 Å². The minimum atomic E-state index is 0.264. The molecule has 1 fully saturated rings. The number of ether oxygens (including phenoxy) is 1. The normalized spacial score (nSPS) is 20.3. The first kappa shape index (κ1) is 14.7. The fourth-order valence-corrected chi connectivity index (χ4v) is 3.47. The fraction of sp³-hybridized carbons (Fsp3) is 0.600. The predicted molar refractivity (Wildman–Crippen MR) is 83.4 cm³/mol. The molecule has 0 saturated carbocycles. The highest BCUT2D eigenvalue weighted by molar-refractivity contribution is 7.09. The molecule has 1 saturated heterocycles. The van der Waals surface area contributed by atoms with Crippen LogP contribution in [0.3, 0.4) is 0 Å². The maximum atomic E-state index is 5.66. The third-order valence-corrected chi connectivity index (χ3v) is 4.79. The zero-order valence-electron chi connectivity index (χ0n) is 12.8. The van der Waals surface area contributed by atoms with Gasteiger partial charge in [-0.25, -0.2) is 4.98 Å². The standard InChI is InChI=1S/C15H22N4OS/c1-11(2)19-8-13(6-16-19)7-18-4-5-20-9-14(18)15-17-12(3)10-21-15/h6,8,10-11,14H,4-5,7,9H2,1-3H3/t14-/m0/s1. The van der Waals surface area contributed by atoms with E-state index in [1.807, 2.05) is 17.8 Å². The average Bonchev–Trinajstić information content (AvgIpc) is 3.09. The first-order chi connectivity index (χ1) is 10.1. The van der Waals surface area contributed by atoms with E-state index in [-0.39, 0.29) is 6.04 Å². The molecule has 5 nitrogen and oxygen atoms in total. The molecule has 1 aliphatic heterocycles. The Hall–Kier alpha value is -1.24. The van der Waals surface area contributed by atoms with E-state index in [1.54, 1.807) is 11.3 Å². The number of aromatic nitrogens is 3. The molecule has 0 amide bonds. The fourth-order valence-electron chi connectivity index (χ4n) is 2.56. The quantitative estimate of drug-likeness (QED) is 0.871. The van der Waals surface area contributed by atoms with Crippen molar-refractivity contribution >= 4 is 11.3 Å². The molecule has 3 heterocycles. The van der Waals surface area contributed by atoms with Crippen LogP contribution < -0.4 is 0 Å². The molecule has 6 heteroatoms. The first-order valence-corrected chi connectivity index (χ1v) is 8.28. The summed E-state index contributed by atoms with van der Waals surface area (Å²) < 4.78 is 7.67. The van der Waals surface area contributed by atoms with Gasteiger partial charge in [0, 0.05) is 42.0 Å². The van der Waals surface area contributed by atoms with Gasteiger partial charge in [0.05, 0.1) is 25.5 Å². The van der Waals surface area contributed by atoms with Crippen molar-refractivity contribution < 1.29 is 4.74 Å². The number of rotatable bonds is 4. The average molecular weight is 306 g/mol. The second-order valence-corrected chi connectivity index (χ2v) is 6.70. The minimum Gasteiger partial charge on any atom is -0.378 e. The van der Waals surface area contributed by atoms with Crippen LogP contribution in [-0.4, -0.2) is 39.4 Å². The van der Waals surface area contributed by atoms with Gasteiger partial charge in [-0.1, -0.05) is 0 Å². The summed E-state index contributed by atoms with van der Waals surface area (Å²) in [7, 11) is 0. The molecule has 0 aliphatic carbocycles. The largest absolute Gasteiger partial charge is 0.378 e. The summed E-state index contributed by atoms with van der Waals surface area (Å²) in [4.78, 5) is 7.08. The van der Waals surface area contributed by atoms with Gasteiger partial charge in [-0.2, -0.15) is 5.10 Å². The predicted octanol–water partition coefficient (Wildman–Crippen LogP) is 2.80. The second-order valence-electron chi connectivity index (χ2n) is 5.81. The molecule has 0 N–H and O–H groups in total. The highest BCUT2D eigenvalue weighted by Gasteiger charge is 2.27. The molecule has 3 rings (SSSR count). The van der Waals surface area contributed by atoms with Crippen molar-refractivity contribution in [2.45, 2.75) is 39.4 Å². The lowest BCUT2D eigenvalue weighted by molar-refractivity contribution is -0.0128. The monoisotopic (exact) mass is 306 g/mol. The zero-order chi connectivity index (χ0) is 14.8. The van der Waals surface area contributed by atoms with Gasteiger partial charge in [0.25, 0.3) is 0 Å². The highest BCUT2D eigenvalue weighted by Crippen LogP contribution is 2.28. The molecule has 21 heavy (non-hydrogen) atoms. The summed E-state index contributed by atoms with van der Waals surface area (Å²) in [5.74, 6) is 0. The number of hydrogen-bond acceptors (Lipinski definition) is 5. The number of nitrogens with zero attached hydrogens (tertiary/aromatic N) is 4. The molecule has 1 aliphatic rings. The molecule has 0 unspecified atom stereocenters. The van der Waals surface area contributed by atoms with E-state index in [4.69, 9.17) is 4.74 Å². The van der Waals surface area contributed by atoms with Crippen molar-refractivity contribution in [2.75, 3.05) is 19.8 Å². The Morgan fingerprint density at radius 3 is 3.00 bits per heavy atom. The Bertz CT molecular complexity index is 592. The number of hydrogen-bond donors (Lipinski definition) is 0. The Balaban J connectivity index is 1.74. The van der Waals surface area contributed by atoms with E-state index in [1.165, 1.54) is 5.56 Å². The van der Waals surface area contributed by atoms with Crippen LogP contribution in [-0.2, 0) is 11.3 Å². The minimum absolute atomic E-state index is 0.264. The molecule has 0 radical (unpaired) electrons. The maximum Gasteiger partial charge on any atom is 0.112 e. The van der Waals surface area contributed by atoms with Crippen molar-refractivity contribution in [1.82, 2.24) is 19.7 Å². The van der Waals surface area contributed by atoms with E-state index in [0.717, 1.165) is 37.0 Å². The Morgan fingerprint density at radius 1 is 1.48 bits per heavy atom. The third kappa shape index (κ3) is 3.33. The van der Waals surface area contributed by atoms with Crippen molar-refractivity contribution in [3.05, 3.63) is 34.0 Å². The van der Waals surface area contributed by atoms with Crippen molar-refractivity contribution in [2.24, 2.45) is 0 Å². The summed E-state index contributed by atoms with van der Waals surface area (Å²) >= 11 is 1.73. The lowest BCUT2D eigenvalue weighted by atomic mass is 10.2. The van der Waals surface area contributed by atoms with Gasteiger partial charge in [-0.3, -0.25) is 9.58 Å². The lowest BCUT2D eigenvalue weighted by Crippen LogP contribution is -2.38. The summed E-state index contributed by atoms with van der Waals surface area (Å²) in [6.45, 7) is 9.69.